The summed E-state index contributed by atoms with van der Waals surface area (Å²) >= 11 is 0. The average molecular weight is 267 g/mol. The summed E-state index contributed by atoms with van der Waals surface area (Å²) in [4.78, 5) is 0. The Morgan fingerprint density at radius 3 is 2.58 bits per heavy atom. The lowest BCUT2D eigenvalue weighted by atomic mass is 10.2. The number of nitrogens with two attached hydrogens (primary N) is 1. The molecule has 3 nitrogen and oxygen atoms in total. The van der Waals surface area contributed by atoms with E-state index in [2.05, 4.69) is 5.10 Å². The molecule has 2 aromatic rings. The van der Waals surface area contributed by atoms with Crippen molar-refractivity contribution in [1.29, 1.82) is 0 Å². The standard InChI is InChI=1S/C13H12F3N3/c14-9-5-8(17)3-4-11(9)19-12(7-1-2-7)6-10(18-19)13(15)16/h3-7,13H,1-2,17H2. The van der Waals surface area contributed by atoms with E-state index < -0.39 is 12.2 Å². The predicted octanol–water partition coefficient (Wildman–Crippen LogP) is 3.41. The normalized spacial score (nSPS) is 15.2. The summed E-state index contributed by atoms with van der Waals surface area (Å²) in [6.45, 7) is 0. The summed E-state index contributed by atoms with van der Waals surface area (Å²) in [5.74, 6) is -0.372. The van der Waals surface area contributed by atoms with E-state index in [0.29, 0.717) is 5.69 Å². The molecular formula is C13H12F3N3. The lowest BCUT2D eigenvalue weighted by molar-refractivity contribution is 0.145. The molecule has 2 N–H and O–H groups in total. The maximum absolute atomic E-state index is 13.9. The summed E-state index contributed by atoms with van der Waals surface area (Å²) in [6, 6.07) is 5.51. The highest BCUT2D eigenvalue weighted by molar-refractivity contribution is 5.47. The van der Waals surface area contributed by atoms with Gasteiger partial charge in [0.15, 0.2) is 5.82 Å². The van der Waals surface area contributed by atoms with Gasteiger partial charge in [-0.25, -0.2) is 17.9 Å². The number of nitrogen functional groups attached to an aromatic ring is 1. The van der Waals surface area contributed by atoms with Crippen LogP contribution in [0.2, 0.25) is 0 Å². The van der Waals surface area contributed by atoms with Gasteiger partial charge < -0.3 is 5.73 Å². The molecule has 0 radical (unpaired) electrons. The van der Waals surface area contributed by atoms with Crippen molar-refractivity contribution in [2.24, 2.45) is 0 Å². The van der Waals surface area contributed by atoms with Gasteiger partial charge in [0.25, 0.3) is 6.43 Å². The number of alkyl halides is 2. The fourth-order valence-electron chi connectivity index (χ4n) is 2.08. The van der Waals surface area contributed by atoms with Crippen molar-refractivity contribution in [3.05, 3.63) is 41.5 Å². The van der Waals surface area contributed by atoms with Gasteiger partial charge in [0, 0.05) is 17.3 Å². The van der Waals surface area contributed by atoms with Gasteiger partial charge >= 0.3 is 0 Å². The van der Waals surface area contributed by atoms with Crippen molar-refractivity contribution in [3.63, 3.8) is 0 Å². The van der Waals surface area contributed by atoms with Crippen LogP contribution in [0.1, 0.15) is 36.6 Å². The minimum Gasteiger partial charge on any atom is -0.399 e. The van der Waals surface area contributed by atoms with Crippen LogP contribution < -0.4 is 5.73 Å². The fraction of sp³-hybridized carbons (Fsp3) is 0.308. The summed E-state index contributed by atoms with van der Waals surface area (Å²) in [7, 11) is 0. The monoisotopic (exact) mass is 267 g/mol. The Bertz CT molecular complexity index is 618. The summed E-state index contributed by atoms with van der Waals surface area (Å²) < 4.78 is 40.6. The molecule has 1 aliphatic carbocycles. The summed E-state index contributed by atoms with van der Waals surface area (Å²) in [5.41, 5.74) is 6.24. The van der Waals surface area contributed by atoms with Gasteiger partial charge in [0.2, 0.25) is 0 Å². The fourth-order valence-corrected chi connectivity index (χ4v) is 2.08. The molecule has 1 saturated carbocycles. The second-order valence-corrected chi connectivity index (χ2v) is 4.69. The third-order valence-corrected chi connectivity index (χ3v) is 3.17. The molecule has 1 heterocycles. The highest BCUT2D eigenvalue weighted by Gasteiger charge is 2.30. The van der Waals surface area contributed by atoms with Gasteiger partial charge in [-0.15, -0.1) is 0 Å². The van der Waals surface area contributed by atoms with E-state index >= 15 is 0 Å². The first-order chi connectivity index (χ1) is 9.06. The van der Waals surface area contributed by atoms with Gasteiger partial charge in [-0.1, -0.05) is 0 Å². The Balaban J connectivity index is 2.12. The third-order valence-electron chi connectivity index (χ3n) is 3.17. The zero-order valence-corrected chi connectivity index (χ0v) is 9.98. The molecule has 0 aliphatic heterocycles. The molecule has 1 aromatic carbocycles. The van der Waals surface area contributed by atoms with E-state index in [1.54, 1.807) is 0 Å². The number of rotatable bonds is 3. The number of aromatic nitrogens is 2. The highest BCUT2D eigenvalue weighted by atomic mass is 19.3. The molecular weight excluding hydrogens is 255 g/mol. The van der Waals surface area contributed by atoms with E-state index in [0.717, 1.165) is 18.9 Å². The van der Waals surface area contributed by atoms with Gasteiger partial charge in [-0.2, -0.15) is 5.10 Å². The Morgan fingerprint density at radius 1 is 1.26 bits per heavy atom. The molecule has 3 rings (SSSR count). The minimum atomic E-state index is -2.66. The number of benzene rings is 1. The number of anilines is 1. The number of hydrogen-bond donors (Lipinski definition) is 1. The molecule has 0 saturated heterocycles. The minimum absolute atomic E-state index is 0.156. The number of hydrogen-bond acceptors (Lipinski definition) is 2. The van der Waals surface area contributed by atoms with Crippen LogP contribution >= 0.6 is 0 Å². The second-order valence-electron chi connectivity index (χ2n) is 4.69. The molecule has 1 aliphatic rings. The van der Waals surface area contributed by atoms with E-state index in [4.69, 9.17) is 5.73 Å². The number of halogens is 3. The Morgan fingerprint density at radius 2 is 2.00 bits per heavy atom. The van der Waals surface area contributed by atoms with Crippen LogP contribution in [0.4, 0.5) is 18.9 Å². The van der Waals surface area contributed by atoms with Crippen LogP contribution in [-0.2, 0) is 0 Å². The van der Waals surface area contributed by atoms with Crippen molar-refractivity contribution in [2.75, 3.05) is 5.73 Å². The van der Waals surface area contributed by atoms with Crippen LogP contribution in [-0.4, -0.2) is 9.78 Å². The molecule has 0 bridgehead atoms. The Kier molecular flexibility index (Phi) is 2.73. The largest absolute Gasteiger partial charge is 0.399 e. The summed E-state index contributed by atoms with van der Waals surface area (Å²) in [6.07, 6.45) is -0.814. The van der Waals surface area contributed by atoms with Crippen LogP contribution in [0.3, 0.4) is 0 Å². The first-order valence-electron chi connectivity index (χ1n) is 5.99. The predicted molar refractivity (Wildman–Crippen MR) is 64.9 cm³/mol. The third kappa shape index (κ3) is 2.18. The SMILES string of the molecule is Nc1ccc(-n2nc(C(F)F)cc2C2CC2)c(F)c1. The molecule has 0 amide bonds. The van der Waals surface area contributed by atoms with Gasteiger partial charge in [-0.3, -0.25) is 0 Å². The highest BCUT2D eigenvalue weighted by Crippen LogP contribution is 2.42. The van der Waals surface area contributed by atoms with E-state index in [1.807, 2.05) is 0 Å². The van der Waals surface area contributed by atoms with Crippen LogP contribution in [0.15, 0.2) is 24.3 Å². The molecule has 0 spiro atoms. The van der Waals surface area contributed by atoms with Gasteiger partial charge in [0.05, 0.1) is 0 Å². The van der Waals surface area contributed by atoms with E-state index in [1.165, 1.54) is 22.9 Å². The molecule has 1 fully saturated rings. The lowest BCUT2D eigenvalue weighted by Crippen LogP contribution is -2.05. The average Bonchev–Trinajstić information content (AvgIpc) is 3.09. The first kappa shape index (κ1) is 12.1. The van der Waals surface area contributed by atoms with Gasteiger partial charge in [0.1, 0.15) is 11.4 Å². The lowest BCUT2D eigenvalue weighted by Gasteiger charge is -2.08. The zero-order chi connectivity index (χ0) is 13.6. The Hall–Kier alpha value is -1.98. The molecule has 19 heavy (non-hydrogen) atoms. The zero-order valence-electron chi connectivity index (χ0n) is 9.98. The molecule has 1 aromatic heterocycles. The molecule has 0 unspecified atom stereocenters. The van der Waals surface area contributed by atoms with E-state index in [9.17, 15) is 13.2 Å². The quantitative estimate of drug-likeness (QED) is 0.866. The van der Waals surface area contributed by atoms with Crippen molar-refractivity contribution in [2.45, 2.75) is 25.2 Å². The van der Waals surface area contributed by atoms with E-state index in [-0.39, 0.29) is 23.0 Å². The van der Waals surface area contributed by atoms with Crippen LogP contribution in [0, 0.1) is 5.82 Å². The van der Waals surface area contributed by atoms with Crippen molar-refractivity contribution in [3.8, 4) is 5.69 Å². The molecule has 6 heteroatoms. The molecule has 0 atom stereocenters. The maximum Gasteiger partial charge on any atom is 0.282 e. The first-order valence-corrected chi connectivity index (χ1v) is 5.99. The van der Waals surface area contributed by atoms with Crippen molar-refractivity contribution >= 4 is 5.69 Å². The molecule has 100 valence electrons. The smallest absolute Gasteiger partial charge is 0.282 e. The number of nitrogens with zero attached hydrogens (tertiary/aromatic N) is 2. The maximum atomic E-state index is 13.9. The second kappa shape index (κ2) is 4.29. The Labute approximate surface area is 107 Å². The summed E-state index contributed by atoms with van der Waals surface area (Å²) in [5, 5.41) is 3.82. The topological polar surface area (TPSA) is 43.8 Å². The van der Waals surface area contributed by atoms with Crippen molar-refractivity contribution in [1.82, 2.24) is 9.78 Å². The van der Waals surface area contributed by atoms with Crippen LogP contribution in [0.5, 0.6) is 0 Å². The van der Waals surface area contributed by atoms with Crippen molar-refractivity contribution < 1.29 is 13.2 Å². The van der Waals surface area contributed by atoms with Crippen LogP contribution in [0.25, 0.3) is 5.69 Å². The van der Waals surface area contributed by atoms with Gasteiger partial charge in [-0.05, 0) is 37.1 Å².